The number of rotatable bonds is 9. The number of carbonyl (C=O) groups excluding carboxylic acids is 2. The van der Waals surface area contributed by atoms with Crippen molar-refractivity contribution in [2.45, 2.75) is 57.6 Å². The van der Waals surface area contributed by atoms with Crippen LogP contribution in [0.1, 0.15) is 38.8 Å². The van der Waals surface area contributed by atoms with Gasteiger partial charge in [-0.2, -0.15) is 0 Å². The van der Waals surface area contributed by atoms with Gasteiger partial charge in [0.15, 0.2) is 0 Å². The molecule has 2 amide bonds. The van der Waals surface area contributed by atoms with Gasteiger partial charge in [0.1, 0.15) is 12.6 Å². The second kappa shape index (κ2) is 12.8. The Hall–Kier alpha value is -2.78. The molecule has 0 aromatic heterocycles. The zero-order valence-electron chi connectivity index (χ0n) is 22.9. The normalized spacial score (nSPS) is 12.5. The third-order valence-corrected chi connectivity index (χ3v) is 8.78. The Labute approximate surface area is 251 Å². The molecule has 0 fully saturated rings. The molecule has 3 aromatic carbocycles. The molecule has 0 aliphatic rings. The Bertz CT molecular complexity index is 1470. The quantitative estimate of drug-likeness (QED) is 0.295. The summed E-state index contributed by atoms with van der Waals surface area (Å²) in [6.45, 7) is 8.42. The predicted molar refractivity (Wildman–Crippen MR) is 162 cm³/mol. The Morgan fingerprint density at radius 3 is 2.05 bits per heavy atom. The van der Waals surface area contributed by atoms with Crippen LogP contribution in [0.4, 0.5) is 5.69 Å². The topological polar surface area (TPSA) is 86.8 Å². The third kappa shape index (κ3) is 8.13. The van der Waals surface area contributed by atoms with Crippen molar-refractivity contribution in [1.29, 1.82) is 0 Å². The summed E-state index contributed by atoms with van der Waals surface area (Å²) in [5, 5.41) is 3.91. The van der Waals surface area contributed by atoms with E-state index in [1.54, 1.807) is 49.4 Å². The van der Waals surface area contributed by atoms with E-state index in [1.165, 1.54) is 29.2 Å². The molecule has 11 heteroatoms. The van der Waals surface area contributed by atoms with Crippen LogP contribution in [-0.2, 0) is 26.2 Å². The van der Waals surface area contributed by atoms with E-state index >= 15 is 0 Å². The monoisotopic (exact) mass is 623 g/mol. The second-order valence-corrected chi connectivity index (χ2v) is 13.6. The molecule has 214 valence electrons. The van der Waals surface area contributed by atoms with Crippen molar-refractivity contribution in [3.8, 4) is 0 Å². The third-order valence-electron chi connectivity index (χ3n) is 6.00. The van der Waals surface area contributed by atoms with Crippen LogP contribution in [0.2, 0.25) is 15.1 Å². The van der Waals surface area contributed by atoms with Crippen molar-refractivity contribution in [2.24, 2.45) is 0 Å². The fourth-order valence-electron chi connectivity index (χ4n) is 3.86. The zero-order valence-corrected chi connectivity index (χ0v) is 26.0. The number of sulfonamides is 1. The highest BCUT2D eigenvalue weighted by Gasteiger charge is 2.33. The van der Waals surface area contributed by atoms with Crippen molar-refractivity contribution in [1.82, 2.24) is 10.2 Å². The lowest BCUT2D eigenvalue weighted by atomic mass is 10.1. The first-order valence-corrected chi connectivity index (χ1v) is 15.1. The van der Waals surface area contributed by atoms with Gasteiger partial charge in [0.25, 0.3) is 10.0 Å². The van der Waals surface area contributed by atoms with E-state index in [-0.39, 0.29) is 17.3 Å². The van der Waals surface area contributed by atoms with Crippen molar-refractivity contribution >= 4 is 62.3 Å². The molecule has 1 atom stereocenters. The van der Waals surface area contributed by atoms with Gasteiger partial charge in [-0.1, -0.05) is 58.6 Å². The minimum absolute atomic E-state index is 0.00280. The summed E-state index contributed by atoms with van der Waals surface area (Å²) in [6, 6.07) is 16.5. The van der Waals surface area contributed by atoms with E-state index in [4.69, 9.17) is 34.8 Å². The Morgan fingerprint density at radius 1 is 0.900 bits per heavy atom. The van der Waals surface area contributed by atoms with Gasteiger partial charge in [0.2, 0.25) is 11.8 Å². The number of amides is 2. The maximum Gasteiger partial charge on any atom is 0.264 e. The first kappa shape index (κ1) is 31.7. The Kier molecular flexibility index (Phi) is 10.2. The molecule has 3 rings (SSSR count). The molecule has 0 saturated carbocycles. The number of benzene rings is 3. The summed E-state index contributed by atoms with van der Waals surface area (Å²) < 4.78 is 28.7. The van der Waals surface area contributed by atoms with Crippen LogP contribution in [0.15, 0.2) is 71.6 Å². The zero-order chi connectivity index (χ0) is 29.8. The summed E-state index contributed by atoms with van der Waals surface area (Å²) in [5.74, 6) is -0.968. The minimum atomic E-state index is -4.18. The average molecular weight is 625 g/mol. The van der Waals surface area contributed by atoms with Crippen LogP contribution in [-0.4, -0.2) is 43.3 Å². The number of nitrogens with zero attached hydrogens (tertiary/aromatic N) is 2. The van der Waals surface area contributed by atoms with E-state index in [1.807, 2.05) is 27.7 Å². The molecule has 0 unspecified atom stereocenters. The summed E-state index contributed by atoms with van der Waals surface area (Å²) in [5.41, 5.74) is 1.30. The molecule has 40 heavy (non-hydrogen) atoms. The fraction of sp³-hybridized carbons (Fsp3) is 0.310. The van der Waals surface area contributed by atoms with Crippen molar-refractivity contribution in [3.63, 3.8) is 0 Å². The number of hydrogen-bond acceptors (Lipinski definition) is 4. The van der Waals surface area contributed by atoms with Gasteiger partial charge in [0, 0.05) is 17.1 Å². The first-order valence-electron chi connectivity index (χ1n) is 12.5. The average Bonchev–Trinajstić information content (AvgIpc) is 2.87. The predicted octanol–water partition coefficient (Wildman–Crippen LogP) is 6.48. The largest absolute Gasteiger partial charge is 0.350 e. The lowest BCUT2D eigenvalue weighted by Crippen LogP contribution is -2.54. The second-order valence-electron chi connectivity index (χ2n) is 10.5. The molecular weight excluding hydrogens is 593 g/mol. The molecule has 0 radical (unpaired) electrons. The Morgan fingerprint density at radius 2 is 1.50 bits per heavy atom. The molecule has 0 heterocycles. The van der Waals surface area contributed by atoms with E-state index in [9.17, 15) is 18.0 Å². The summed E-state index contributed by atoms with van der Waals surface area (Å²) in [6.07, 6.45) is 0. The van der Waals surface area contributed by atoms with E-state index in [0.29, 0.717) is 26.3 Å². The number of halogens is 3. The van der Waals surface area contributed by atoms with E-state index in [0.717, 1.165) is 9.87 Å². The SMILES string of the molecule is Cc1ccc(N(CC(=O)N(Cc2ccc(Cl)c(Cl)c2)[C@H](C)C(=O)NC(C)(C)C)S(=O)(=O)c2ccc(Cl)cc2)cc1. The van der Waals surface area contributed by atoms with Crippen molar-refractivity contribution in [3.05, 3.63) is 92.9 Å². The Balaban J connectivity index is 2.04. The molecular formula is C29H32Cl3N3O4S. The highest BCUT2D eigenvalue weighted by Crippen LogP contribution is 2.27. The van der Waals surface area contributed by atoms with Crippen LogP contribution in [0.3, 0.4) is 0 Å². The molecule has 7 nitrogen and oxygen atoms in total. The fourth-order valence-corrected chi connectivity index (χ4v) is 5.73. The maximum atomic E-state index is 14.0. The van der Waals surface area contributed by atoms with Crippen LogP contribution < -0.4 is 9.62 Å². The van der Waals surface area contributed by atoms with Gasteiger partial charge in [-0.3, -0.25) is 13.9 Å². The molecule has 0 aliphatic carbocycles. The molecule has 3 aromatic rings. The molecule has 0 saturated heterocycles. The van der Waals surface area contributed by atoms with Crippen LogP contribution in [0.5, 0.6) is 0 Å². The summed E-state index contributed by atoms with van der Waals surface area (Å²) >= 11 is 18.3. The van der Waals surface area contributed by atoms with Crippen LogP contribution >= 0.6 is 34.8 Å². The van der Waals surface area contributed by atoms with Gasteiger partial charge in [0.05, 0.1) is 20.6 Å². The summed E-state index contributed by atoms with van der Waals surface area (Å²) in [4.78, 5) is 28.4. The van der Waals surface area contributed by atoms with Gasteiger partial charge >= 0.3 is 0 Å². The first-order chi connectivity index (χ1) is 18.6. The standard InChI is InChI=1S/C29H32Cl3N3O4S/c1-19-6-11-23(12-7-19)35(40(38,39)24-13-9-22(30)10-14-24)18-27(36)34(20(2)28(37)33-29(3,4)5)17-21-8-15-25(31)26(32)16-21/h6-16,20H,17-18H2,1-5H3,(H,33,37)/t20-/m1/s1. The lowest BCUT2D eigenvalue weighted by molar-refractivity contribution is -0.140. The van der Waals surface area contributed by atoms with E-state index in [2.05, 4.69) is 5.32 Å². The number of aryl methyl sites for hydroxylation is 1. The van der Waals surface area contributed by atoms with Gasteiger partial charge in [-0.25, -0.2) is 8.42 Å². The number of hydrogen-bond donors (Lipinski definition) is 1. The molecule has 0 bridgehead atoms. The highest BCUT2D eigenvalue weighted by molar-refractivity contribution is 7.92. The molecule has 0 spiro atoms. The van der Waals surface area contributed by atoms with Crippen LogP contribution in [0.25, 0.3) is 0 Å². The van der Waals surface area contributed by atoms with Crippen molar-refractivity contribution in [2.75, 3.05) is 10.8 Å². The molecule has 1 N–H and O–H groups in total. The van der Waals surface area contributed by atoms with E-state index < -0.39 is 34.1 Å². The van der Waals surface area contributed by atoms with Crippen molar-refractivity contribution < 1.29 is 18.0 Å². The molecule has 0 aliphatic heterocycles. The highest BCUT2D eigenvalue weighted by atomic mass is 35.5. The number of nitrogens with one attached hydrogen (secondary N) is 1. The smallest absolute Gasteiger partial charge is 0.264 e. The van der Waals surface area contributed by atoms with Crippen LogP contribution in [0, 0.1) is 6.92 Å². The number of carbonyl (C=O) groups is 2. The summed E-state index contributed by atoms with van der Waals surface area (Å²) in [7, 11) is -4.18. The maximum absolute atomic E-state index is 14.0. The van der Waals surface area contributed by atoms with Gasteiger partial charge in [-0.05, 0) is 88.7 Å². The van der Waals surface area contributed by atoms with Gasteiger partial charge in [-0.15, -0.1) is 0 Å². The lowest BCUT2D eigenvalue weighted by Gasteiger charge is -2.33. The van der Waals surface area contributed by atoms with Gasteiger partial charge < -0.3 is 10.2 Å². The number of anilines is 1. The minimum Gasteiger partial charge on any atom is -0.350 e.